The van der Waals surface area contributed by atoms with Crippen LogP contribution in [-0.2, 0) is 0 Å². The fraction of sp³-hybridized carbons (Fsp3) is 0.125. The average molecular weight is 300 g/mol. The lowest BCUT2D eigenvalue weighted by Crippen LogP contribution is -2.26. The van der Waals surface area contributed by atoms with E-state index in [0.29, 0.717) is 10.8 Å². The van der Waals surface area contributed by atoms with E-state index >= 15 is 0 Å². The van der Waals surface area contributed by atoms with Gasteiger partial charge in [-0.2, -0.15) is 0 Å². The highest BCUT2D eigenvalue weighted by atomic mass is 35.5. The molecule has 0 radical (unpaired) electrons. The zero-order chi connectivity index (χ0) is 14.8. The van der Waals surface area contributed by atoms with Crippen molar-refractivity contribution in [2.75, 3.05) is 0 Å². The number of rotatable bonds is 3. The second kappa shape index (κ2) is 5.58. The van der Waals surface area contributed by atoms with E-state index in [4.69, 9.17) is 11.6 Å². The number of aromatic nitrogens is 2. The van der Waals surface area contributed by atoms with E-state index < -0.39 is 0 Å². The zero-order valence-electron chi connectivity index (χ0n) is 11.4. The van der Waals surface area contributed by atoms with Gasteiger partial charge in [0.25, 0.3) is 5.91 Å². The highest BCUT2D eigenvalue weighted by molar-refractivity contribution is 6.29. The Hall–Kier alpha value is -2.33. The van der Waals surface area contributed by atoms with Crippen molar-refractivity contribution in [3.8, 4) is 0 Å². The number of benzene rings is 2. The molecule has 1 amide bonds. The van der Waals surface area contributed by atoms with Gasteiger partial charge >= 0.3 is 0 Å². The molecular weight excluding hydrogens is 286 g/mol. The van der Waals surface area contributed by atoms with Gasteiger partial charge in [0.1, 0.15) is 0 Å². The largest absolute Gasteiger partial charge is 0.346 e. The number of carbonyl (C=O) groups is 1. The summed E-state index contributed by atoms with van der Waals surface area (Å²) in [6, 6.07) is 15.1. The van der Waals surface area contributed by atoms with Crippen LogP contribution in [-0.4, -0.2) is 15.9 Å². The number of imidazole rings is 1. The normalized spacial score (nSPS) is 12.3. The molecule has 2 aromatic carbocycles. The molecule has 0 saturated carbocycles. The minimum absolute atomic E-state index is 0.0558. The van der Waals surface area contributed by atoms with Gasteiger partial charge in [-0.05, 0) is 42.3 Å². The van der Waals surface area contributed by atoms with E-state index in [0.717, 1.165) is 16.6 Å². The Morgan fingerprint density at radius 1 is 1.24 bits per heavy atom. The molecule has 1 atom stereocenters. The maximum absolute atomic E-state index is 12.3. The molecule has 0 spiro atoms. The summed E-state index contributed by atoms with van der Waals surface area (Å²) in [6.07, 6.45) is 0. The third kappa shape index (κ3) is 2.90. The van der Waals surface area contributed by atoms with Crippen molar-refractivity contribution in [3.63, 3.8) is 0 Å². The lowest BCUT2D eigenvalue weighted by atomic mass is 10.1. The summed E-state index contributed by atoms with van der Waals surface area (Å²) in [5.74, 6) is -0.126. The van der Waals surface area contributed by atoms with Gasteiger partial charge in [-0.1, -0.05) is 30.3 Å². The number of halogens is 1. The lowest BCUT2D eigenvalue weighted by molar-refractivity contribution is 0.0940. The number of nitrogens with one attached hydrogen (secondary N) is 2. The minimum Gasteiger partial charge on any atom is -0.346 e. The molecule has 1 unspecified atom stereocenters. The molecule has 2 N–H and O–H groups in total. The van der Waals surface area contributed by atoms with E-state index in [1.807, 2.05) is 37.3 Å². The third-order valence-electron chi connectivity index (χ3n) is 3.36. The van der Waals surface area contributed by atoms with Crippen LogP contribution in [0.5, 0.6) is 0 Å². The lowest BCUT2D eigenvalue weighted by Gasteiger charge is -2.14. The molecule has 106 valence electrons. The smallest absolute Gasteiger partial charge is 0.251 e. The first-order valence-corrected chi connectivity index (χ1v) is 7.02. The molecule has 0 aliphatic heterocycles. The van der Waals surface area contributed by atoms with Crippen molar-refractivity contribution >= 4 is 28.5 Å². The summed E-state index contributed by atoms with van der Waals surface area (Å²) in [4.78, 5) is 19.3. The Balaban J connectivity index is 1.80. The quantitative estimate of drug-likeness (QED) is 0.774. The average Bonchev–Trinajstić information content (AvgIpc) is 2.87. The van der Waals surface area contributed by atoms with E-state index in [2.05, 4.69) is 15.3 Å². The highest BCUT2D eigenvalue weighted by Crippen LogP contribution is 2.17. The summed E-state index contributed by atoms with van der Waals surface area (Å²) in [5.41, 5.74) is 3.13. The number of aromatic amines is 1. The molecule has 0 aliphatic carbocycles. The highest BCUT2D eigenvalue weighted by Gasteiger charge is 2.12. The van der Waals surface area contributed by atoms with Gasteiger partial charge in [-0.25, -0.2) is 4.98 Å². The number of nitrogens with zero attached hydrogens (tertiary/aromatic N) is 1. The predicted octanol–water partition coefficient (Wildman–Crippen LogP) is 3.71. The van der Waals surface area contributed by atoms with Crippen molar-refractivity contribution in [2.45, 2.75) is 13.0 Å². The molecular formula is C16H14ClN3O. The number of H-pyrrole nitrogens is 1. The van der Waals surface area contributed by atoms with E-state index in [1.54, 1.807) is 18.2 Å². The van der Waals surface area contributed by atoms with E-state index in [1.165, 1.54) is 0 Å². The summed E-state index contributed by atoms with van der Waals surface area (Å²) in [6.45, 7) is 1.96. The molecule has 1 heterocycles. The van der Waals surface area contributed by atoms with Crippen LogP contribution in [0.4, 0.5) is 0 Å². The van der Waals surface area contributed by atoms with Crippen LogP contribution < -0.4 is 5.32 Å². The summed E-state index contributed by atoms with van der Waals surface area (Å²) >= 11 is 5.81. The first kappa shape index (κ1) is 13.6. The molecule has 1 aromatic heterocycles. The molecule has 4 nitrogen and oxygen atoms in total. The first-order chi connectivity index (χ1) is 10.1. The summed E-state index contributed by atoms with van der Waals surface area (Å²) in [5, 5.41) is 3.30. The number of carbonyl (C=O) groups excluding carboxylic acids is 1. The molecule has 21 heavy (non-hydrogen) atoms. The van der Waals surface area contributed by atoms with Gasteiger partial charge in [-0.3, -0.25) is 4.79 Å². The fourth-order valence-electron chi connectivity index (χ4n) is 2.22. The van der Waals surface area contributed by atoms with Crippen LogP contribution >= 0.6 is 11.6 Å². The van der Waals surface area contributed by atoms with Crippen LogP contribution in [0.3, 0.4) is 0 Å². The van der Waals surface area contributed by atoms with Crippen molar-refractivity contribution < 1.29 is 4.79 Å². The molecule has 3 aromatic rings. The molecule has 0 saturated heterocycles. The molecule has 5 heteroatoms. The van der Waals surface area contributed by atoms with Gasteiger partial charge in [0.05, 0.1) is 17.1 Å². The van der Waals surface area contributed by atoms with Gasteiger partial charge < -0.3 is 10.3 Å². The molecule has 0 fully saturated rings. The number of fused-ring (bicyclic) bond motifs is 1. The SMILES string of the molecule is CC(NC(=O)c1ccc2nc(Cl)[nH]c2c1)c1ccccc1. The topological polar surface area (TPSA) is 57.8 Å². The van der Waals surface area contributed by atoms with Gasteiger partial charge in [0.2, 0.25) is 5.28 Å². The second-order valence-corrected chi connectivity index (χ2v) is 5.22. The molecule has 0 bridgehead atoms. The van der Waals surface area contributed by atoms with Crippen LogP contribution in [0, 0.1) is 0 Å². The summed E-state index contributed by atoms with van der Waals surface area (Å²) in [7, 11) is 0. The fourth-order valence-corrected chi connectivity index (χ4v) is 2.42. The summed E-state index contributed by atoms with van der Waals surface area (Å²) < 4.78 is 0. The minimum atomic E-state index is -0.126. The van der Waals surface area contributed by atoms with Crippen molar-refractivity contribution in [2.24, 2.45) is 0 Å². The monoisotopic (exact) mass is 299 g/mol. The van der Waals surface area contributed by atoms with Crippen LogP contribution in [0.2, 0.25) is 5.28 Å². The zero-order valence-corrected chi connectivity index (χ0v) is 12.2. The van der Waals surface area contributed by atoms with E-state index in [-0.39, 0.29) is 11.9 Å². The number of amides is 1. The van der Waals surface area contributed by atoms with E-state index in [9.17, 15) is 4.79 Å². The second-order valence-electron chi connectivity index (χ2n) is 4.87. The first-order valence-electron chi connectivity index (χ1n) is 6.64. The van der Waals surface area contributed by atoms with Gasteiger partial charge in [0.15, 0.2) is 0 Å². The van der Waals surface area contributed by atoms with Crippen LogP contribution in [0.15, 0.2) is 48.5 Å². The molecule has 3 rings (SSSR count). The van der Waals surface area contributed by atoms with Crippen LogP contribution in [0.25, 0.3) is 11.0 Å². The number of hydrogen-bond acceptors (Lipinski definition) is 2. The Kier molecular flexibility index (Phi) is 3.62. The maximum atomic E-state index is 12.3. The standard InChI is InChI=1S/C16H14ClN3O/c1-10(11-5-3-2-4-6-11)18-15(21)12-7-8-13-14(9-12)20-16(17)19-13/h2-10H,1H3,(H,18,21)(H,19,20). The predicted molar refractivity (Wildman–Crippen MR) is 83.4 cm³/mol. The number of hydrogen-bond donors (Lipinski definition) is 2. The Morgan fingerprint density at radius 3 is 2.76 bits per heavy atom. The van der Waals surface area contributed by atoms with Crippen molar-refractivity contribution in [3.05, 3.63) is 64.9 Å². The Morgan fingerprint density at radius 2 is 2.00 bits per heavy atom. The van der Waals surface area contributed by atoms with Crippen molar-refractivity contribution in [1.82, 2.24) is 15.3 Å². The van der Waals surface area contributed by atoms with Gasteiger partial charge in [0, 0.05) is 5.56 Å². The van der Waals surface area contributed by atoms with Crippen LogP contribution in [0.1, 0.15) is 28.9 Å². The Labute approximate surface area is 127 Å². The van der Waals surface area contributed by atoms with Crippen molar-refractivity contribution in [1.29, 1.82) is 0 Å². The van der Waals surface area contributed by atoms with Gasteiger partial charge in [-0.15, -0.1) is 0 Å². The Bertz CT molecular complexity index is 783. The maximum Gasteiger partial charge on any atom is 0.251 e. The third-order valence-corrected chi connectivity index (χ3v) is 3.54. The molecule has 0 aliphatic rings.